The van der Waals surface area contributed by atoms with Crippen LogP contribution in [-0.2, 0) is 0 Å². The molecule has 0 aliphatic rings. The van der Waals surface area contributed by atoms with E-state index < -0.39 is 0 Å². The van der Waals surface area contributed by atoms with Crippen molar-refractivity contribution in [1.29, 1.82) is 0 Å². The Hall–Kier alpha value is -1.15. The summed E-state index contributed by atoms with van der Waals surface area (Å²) in [6.45, 7) is 4.14. The van der Waals surface area contributed by atoms with Gasteiger partial charge < -0.3 is 0 Å². The van der Waals surface area contributed by atoms with Crippen LogP contribution in [0.3, 0.4) is 0 Å². The molecule has 2 rings (SSSR count). The van der Waals surface area contributed by atoms with E-state index in [2.05, 4.69) is 35.5 Å². The van der Waals surface area contributed by atoms with Gasteiger partial charge in [-0.3, -0.25) is 4.98 Å². The molecule has 0 amide bonds. The number of thiophene rings is 1. The molecule has 0 saturated heterocycles. The molecule has 1 nitrogen and oxygen atoms in total. The Bertz CT molecular complexity index is 454. The van der Waals surface area contributed by atoms with Gasteiger partial charge in [-0.05, 0) is 36.9 Å². The van der Waals surface area contributed by atoms with Crippen LogP contribution in [-0.4, -0.2) is 4.98 Å². The first-order valence-electron chi connectivity index (χ1n) is 4.28. The minimum absolute atomic E-state index is 1.11. The number of hydrogen-bond donors (Lipinski definition) is 0. The van der Waals surface area contributed by atoms with Crippen molar-refractivity contribution < 1.29 is 0 Å². The van der Waals surface area contributed by atoms with Crippen LogP contribution < -0.4 is 0 Å². The lowest BCUT2D eigenvalue weighted by Crippen LogP contribution is -1.84. The molecule has 0 saturated carbocycles. The largest absolute Gasteiger partial charge is 0.256 e. The third kappa shape index (κ3) is 1.38. The topological polar surface area (TPSA) is 12.9 Å². The number of hydrogen-bond acceptors (Lipinski definition) is 2. The maximum absolute atomic E-state index is 4.39. The fraction of sp³-hybridized carbons (Fsp3) is 0.182. The third-order valence-corrected chi connectivity index (χ3v) is 3.07. The molecule has 0 radical (unpaired) electrons. The minimum Gasteiger partial charge on any atom is -0.256 e. The summed E-state index contributed by atoms with van der Waals surface area (Å²) in [6, 6.07) is 4.20. The van der Waals surface area contributed by atoms with Crippen LogP contribution >= 0.6 is 11.3 Å². The zero-order valence-corrected chi connectivity index (χ0v) is 8.56. The summed E-state index contributed by atoms with van der Waals surface area (Å²) in [5.41, 5.74) is 2.35. The molecule has 2 aromatic heterocycles. The van der Waals surface area contributed by atoms with Gasteiger partial charge in [0.25, 0.3) is 0 Å². The molecule has 2 heteroatoms. The summed E-state index contributed by atoms with van der Waals surface area (Å²) in [6.07, 6.45) is 3.97. The first-order valence-corrected chi connectivity index (χ1v) is 5.16. The van der Waals surface area contributed by atoms with Crippen LogP contribution in [0.2, 0.25) is 0 Å². The van der Waals surface area contributed by atoms with Gasteiger partial charge in [0.05, 0.1) is 5.69 Å². The van der Waals surface area contributed by atoms with Gasteiger partial charge >= 0.3 is 0 Å². The Morgan fingerprint density at radius 1 is 1.46 bits per heavy atom. The molecule has 2 heterocycles. The highest BCUT2D eigenvalue weighted by molar-refractivity contribution is 7.17. The van der Waals surface area contributed by atoms with Crippen molar-refractivity contribution in [3.05, 3.63) is 35.5 Å². The summed E-state index contributed by atoms with van der Waals surface area (Å²) in [4.78, 5) is 4.39. The van der Waals surface area contributed by atoms with Crippen molar-refractivity contribution in [1.82, 2.24) is 4.98 Å². The highest BCUT2D eigenvalue weighted by atomic mass is 32.1. The van der Waals surface area contributed by atoms with E-state index in [-0.39, 0.29) is 0 Å². The molecule has 0 aromatic carbocycles. The number of nitrogens with zero attached hydrogens (tertiary/aromatic N) is 1. The van der Waals surface area contributed by atoms with E-state index in [1.807, 2.05) is 13.1 Å². The van der Waals surface area contributed by atoms with E-state index in [1.54, 1.807) is 11.3 Å². The summed E-state index contributed by atoms with van der Waals surface area (Å²) in [7, 11) is 0. The third-order valence-electron chi connectivity index (χ3n) is 2.19. The maximum Gasteiger partial charge on any atom is 0.0742 e. The first kappa shape index (κ1) is 8.45. The number of aromatic nitrogens is 1. The van der Waals surface area contributed by atoms with Gasteiger partial charge in [0.1, 0.15) is 0 Å². The van der Waals surface area contributed by atoms with Crippen LogP contribution in [0.4, 0.5) is 0 Å². The van der Waals surface area contributed by atoms with E-state index in [4.69, 9.17) is 0 Å². The van der Waals surface area contributed by atoms with E-state index >= 15 is 0 Å². The van der Waals surface area contributed by atoms with Crippen molar-refractivity contribution in [2.75, 3.05) is 0 Å². The van der Waals surface area contributed by atoms with Crippen molar-refractivity contribution in [3.8, 4) is 0 Å². The van der Waals surface area contributed by atoms with E-state index in [9.17, 15) is 0 Å². The Morgan fingerprint density at radius 3 is 3.08 bits per heavy atom. The lowest BCUT2D eigenvalue weighted by atomic mass is 10.1. The molecule has 0 atom stereocenters. The van der Waals surface area contributed by atoms with E-state index in [0.29, 0.717) is 0 Å². The Morgan fingerprint density at radius 2 is 2.31 bits per heavy atom. The molecule has 13 heavy (non-hydrogen) atoms. The van der Waals surface area contributed by atoms with Gasteiger partial charge in [-0.1, -0.05) is 6.08 Å². The van der Waals surface area contributed by atoms with Crippen LogP contribution in [0, 0.1) is 0 Å². The summed E-state index contributed by atoms with van der Waals surface area (Å²) < 4.78 is 1.31. The molecule has 2 aromatic rings. The molecule has 66 valence electrons. The number of pyridine rings is 1. The van der Waals surface area contributed by atoms with Crippen LogP contribution in [0.25, 0.3) is 15.7 Å². The van der Waals surface area contributed by atoms with E-state index in [1.165, 1.54) is 15.7 Å². The summed E-state index contributed by atoms with van der Waals surface area (Å²) >= 11 is 1.76. The van der Waals surface area contributed by atoms with Crippen LogP contribution in [0.1, 0.15) is 19.5 Å². The lowest BCUT2D eigenvalue weighted by Gasteiger charge is -2.00. The standard InChI is InChI=1S/C11H11NS/c1-3-8(2)11-9-5-7-13-10(9)4-6-12-11/h3-7H,1-2H3/b8-3+. The average Bonchev–Trinajstić information content (AvgIpc) is 2.63. The fourth-order valence-electron chi connectivity index (χ4n) is 1.35. The molecule has 0 unspecified atom stereocenters. The monoisotopic (exact) mass is 189 g/mol. The maximum atomic E-state index is 4.39. The number of fused-ring (bicyclic) bond motifs is 1. The summed E-state index contributed by atoms with van der Waals surface area (Å²) in [5, 5.41) is 3.38. The smallest absolute Gasteiger partial charge is 0.0742 e. The van der Waals surface area contributed by atoms with Crippen LogP contribution in [0.5, 0.6) is 0 Å². The van der Waals surface area contributed by atoms with Crippen molar-refractivity contribution in [2.45, 2.75) is 13.8 Å². The highest BCUT2D eigenvalue weighted by Gasteiger charge is 2.03. The van der Waals surface area contributed by atoms with Crippen molar-refractivity contribution in [3.63, 3.8) is 0 Å². The molecule has 0 spiro atoms. The highest BCUT2D eigenvalue weighted by Crippen LogP contribution is 2.26. The molecular weight excluding hydrogens is 178 g/mol. The average molecular weight is 189 g/mol. The molecule has 0 aliphatic carbocycles. The number of rotatable bonds is 1. The van der Waals surface area contributed by atoms with Gasteiger partial charge in [-0.15, -0.1) is 11.3 Å². The normalized spacial score (nSPS) is 12.3. The molecule has 0 N–H and O–H groups in total. The Kier molecular flexibility index (Phi) is 2.15. The van der Waals surface area contributed by atoms with E-state index in [0.717, 1.165) is 5.69 Å². The van der Waals surface area contributed by atoms with Gasteiger partial charge in [0.15, 0.2) is 0 Å². The number of allylic oxidation sites excluding steroid dienone is 2. The van der Waals surface area contributed by atoms with Gasteiger partial charge in [0.2, 0.25) is 0 Å². The zero-order chi connectivity index (χ0) is 9.26. The predicted molar refractivity (Wildman–Crippen MR) is 58.9 cm³/mol. The second-order valence-corrected chi connectivity index (χ2v) is 3.91. The predicted octanol–water partition coefficient (Wildman–Crippen LogP) is 3.72. The SMILES string of the molecule is C/C=C(\C)c1nccc2sccc12. The van der Waals surface area contributed by atoms with Gasteiger partial charge in [-0.2, -0.15) is 0 Å². The molecule has 0 aliphatic heterocycles. The second kappa shape index (κ2) is 3.30. The minimum atomic E-state index is 1.11. The van der Waals surface area contributed by atoms with Gasteiger partial charge in [-0.25, -0.2) is 0 Å². The first-order chi connectivity index (χ1) is 6.33. The summed E-state index contributed by atoms with van der Waals surface area (Å²) in [5.74, 6) is 0. The molecular formula is C11H11NS. The van der Waals surface area contributed by atoms with Crippen LogP contribution in [0.15, 0.2) is 29.8 Å². The van der Waals surface area contributed by atoms with Gasteiger partial charge in [0, 0.05) is 16.3 Å². The fourth-order valence-corrected chi connectivity index (χ4v) is 2.13. The quantitative estimate of drug-likeness (QED) is 0.666. The molecule has 0 fully saturated rings. The lowest BCUT2D eigenvalue weighted by molar-refractivity contribution is 1.30. The molecule has 0 bridgehead atoms. The Labute approximate surface area is 81.7 Å². The Balaban J connectivity index is 2.75. The second-order valence-electron chi connectivity index (χ2n) is 2.96. The van der Waals surface area contributed by atoms with Crippen molar-refractivity contribution in [2.24, 2.45) is 0 Å². The zero-order valence-electron chi connectivity index (χ0n) is 7.74. The van der Waals surface area contributed by atoms with Crippen molar-refractivity contribution >= 4 is 27.0 Å².